The number of hydrogen-bond donors (Lipinski definition) is 1. The zero-order chi connectivity index (χ0) is 14.1. The van der Waals surface area contributed by atoms with Gasteiger partial charge in [0.05, 0.1) is 6.61 Å². The third kappa shape index (κ3) is 5.20. The van der Waals surface area contributed by atoms with Crippen molar-refractivity contribution in [2.45, 2.75) is 13.0 Å². The Balaban J connectivity index is 2.92. The smallest absolute Gasteiger partial charge is 0.183 e. The predicted octanol–water partition coefficient (Wildman–Crippen LogP) is 2.52. The minimum absolute atomic E-state index is 0.0667. The fraction of sp³-hybridized carbons (Fsp3) is 0.385. The van der Waals surface area contributed by atoms with Crippen molar-refractivity contribution in [3.63, 3.8) is 0 Å². The summed E-state index contributed by atoms with van der Waals surface area (Å²) in [4.78, 5) is 4.36. The summed E-state index contributed by atoms with van der Waals surface area (Å²) in [6.07, 6.45) is 3.64. The highest BCUT2D eigenvalue weighted by Crippen LogP contribution is 2.28. The molecule has 0 spiro atoms. The molecule has 0 heterocycles. The van der Waals surface area contributed by atoms with Crippen LogP contribution in [0.2, 0.25) is 0 Å². The van der Waals surface area contributed by atoms with Gasteiger partial charge in [0.2, 0.25) is 0 Å². The van der Waals surface area contributed by atoms with E-state index in [1.807, 2.05) is 43.6 Å². The molecule has 0 aliphatic heterocycles. The molecule has 1 atom stereocenters. The second-order valence-corrected chi connectivity index (χ2v) is 4.50. The van der Waals surface area contributed by atoms with Crippen molar-refractivity contribution in [2.24, 2.45) is 4.99 Å². The molecule has 0 amide bonds. The van der Waals surface area contributed by atoms with Crippen LogP contribution < -0.4 is 10.1 Å². The van der Waals surface area contributed by atoms with E-state index in [0.717, 1.165) is 0 Å². The molecule has 0 radical (unpaired) electrons. The summed E-state index contributed by atoms with van der Waals surface area (Å²) in [5.74, 6) is 0.665. The lowest BCUT2D eigenvalue weighted by Crippen LogP contribution is -2.18. The standard InChI is InChI=1S/C13H17N3O2S/c1-10(8-17-2)18-12-7-5-4-6-11(12)16-13(19-3)15-9-14/h4-7,10H,8H2,1-3H3,(H,15,16). The van der Waals surface area contributed by atoms with Gasteiger partial charge in [0, 0.05) is 7.11 Å². The Morgan fingerprint density at radius 1 is 1.53 bits per heavy atom. The molecule has 0 saturated heterocycles. The monoisotopic (exact) mass is 279 g/mol. The maximum atomic E-state index is 8.63. The highest BCUT2D eigenvalue weighted by molar-refractivity contribution is 8.13. The number of hydrogen-bond acceptors (Lipinski definition) is 5. The number of rotatable bonds is 5. The van der Waals surface area contributed by atoms with Crippen LogP contribution in [0.15, 0.2) is 29.3 Å². The summed E-state index contributed by atoms with van der Waals surface area (Å²) >= 11 is 1.36. The average Bonchev–Trinajstić information content (AvgIpc) is 2.40. The quantitative estimate of drug-likeness (QED) is 0.388. The molecule has 1 unspecified atom stereocenters. The van der Waals surface area contributed by atoms with Crippen LogP contribution in [0.3, 0.4) is 0 Å². The molecule has 0 saturated carbocycles. The fourth-order valence-corrected chi connectivity index (χ4v) is 1.75. The number of amidine groups is 1. The van der Waals surface area contributed by atoms with Crippen molar-refractivity contribution in [2.75, 3.05) is 20.0 Å². The van der Waals surface area contributed by atoms with E-state index < -0.39 is 0 Å². The van der Waals surface area contributed by atoms with E-state index in [1.54, 1.807) is 7.11 Å². The molecule has 0 bridgehead atoms. The second-order valence-electron chi connectivity index (χ2n) is 3.71. The Hall–Kier alpha value is -1.71. The van der Waals surface area contributed by atoms with Crippen LogP contribution in [-0.2, 0) is 4.74 Å². The summed E-state index contributed by atoms with van der Waals surface area (Å²) < 4.78 is 10.8. The molecule has 5 nitrogen and oxygen atoms in total. The number of para-hydroxylation sites is 2. The Labute approximate surface area is 117 Å². The van der Waals surface area contributed by atoms with Gasteiger partial charge >= 0.3 is 0 Å². The summed E-state index contributed by atoms with van der Waals surface area (Å²) in [7, 11) is 1.63. The number of methoxy groups -OCH3 is 1. The molecule has 102 valence electrons. The fourth-order valence-electron chi connectivity index (χ4n) is 1.42. The number of benzene rings is 1. The molecule has 19 heavy (non-hydrogen) atoms. The van der Waals surface area contributed by atoms with E-state index in [-0.39, 0.29) is 6.10 Å². The number of nitrogens with zero attached hydrogens (tertiary/aromatic N) is 2. The minimum atomic E-state index is -0.0667. The summed E-state index contributed by atoms with van der Waals surface area (Å²) in [5, 5.41) is 11.7. The highest BCUT2D eigenvalue weighted by atomic mass is 32.2. The highest BCUT2D eigenvalue weighted by Gasteiger charge is 2.08. The molecule has 1 rings (SSSR count). The van der Waals surface area contributed by atoms with Crippen molar-refractivity contribution >= 4 is 22.6 Å². The summed E-state index contributed by atoms with van der Waals surface area (Å²) in [6, 6.07) is 7.43. The zero-order valence-corrected chi connectivity index (χ0v) is 12.0. The van der Waals surface area contributed by atoms with Crippen molar-refractivity contribution < 1.29 is 9.47 Å². The first-order valence-electron chi connectivity index (χ1n) is 5.73. The molecule has 1 N–H and O–H groups in total. The van der Waals surface area contributed by atoms with Crippen LogP contribution in [0.1, 0.15) is 6.92 Å². The maximum Gasteiger partial charge on any atom is 0.183 e. The normalized spacial score (nSPS) is 12.6. The molecular formula is C13H17N3O2S. The molecule has 0 aliphatic carbocycles. The predicted molar refractivity (Wildman–Crippen MR) is 77.8 cm³/mol. The van der Waals surface area contributed by atoms with E-state index in [2.05, 4.69) is 10.3 Å². The number of thioether (sulfide) groups is 1. The zero-order valence-electron chi connectivity index (χ0n) is 11.2. The number of nitrogens with one attached hydrogen (secondary N) is 1. The molecule has 6 heteroatoms. The van der Waals surface area contributed by atoms with E-state index in [4.69, 9.17) is 14.7 Å². The van der Waals surface area contributed by atoms with Crippen LogP contribution in [0.4, 0.5) is 5.69 Å². The van der Waals surface area contributed by atoms with Crippen molar-refractivity contribution in [3.8, 4) is 11.9 Å². The third-order valence-electron chi connectivity index (χ3n) is 2.17. The first-order chi connectivity index (χ1) is 9.21. The van der Waals surface area contributed by atoms with Crippen molar-refractivity contribution in [3.05, 3.63) is 24.3 Å². The van der Waals surface area contributed by atoms with Gasteiger partial charge in [0.15, 0.2) is 11.4 Å². The Bertz CT molecular complexity index is 471. The maximum absolute atomic E-state index is 8.63. The van der Waals surface area contributed by atoms with Crippen molar-refractivity contribution in [1.82, 2.24) is 5.32 Å². The van der Waals surface area contributed by atoms with E-state index >= 15 is 0 Å². The largest absolute Gasteiger partial charge is 0.486 e. The third-order valence-corrected chi connectivity index (χ3v) is 2.75. The molecule has 0 aromatic heterocycles. The molecule has 0 fully saturated rings. The lowest BCUT2D eigenvalue weighted by Gasteiger charge is -2.15. The van der Waals surface area contributed by atoms with Gasteiger partial charge in [-0.25, -0.2) is 4.99 Å². The first kappa shape index (κ1) is 15.3. The van der Waals surface area contributed by atoms with E-state index in [1.165, 1.54) is 11.8 Å². The number of aliphatic imine (C=N–C) groups is 1. The van der Waals surface area contributed by atoms with Gasteiger partial charge < -0.3 is 9.47 Å². The van der Waals surface area contributed by atoms with Gasteiger partial charge in [-0.2, -0.15) is 5.26 Å². The van der Waals surface area contributed by atoms with Gasteiger partial charge in [-0.05, 0) is 25.3 Å². The summed E-state index contributed by atoms with van der Waals surface area (Å²) in [6.45, 7) is 2.43. The lowest BCUT2D eigenvalue weighted by atomic mass is 10.3. The van der Waals surface area contributed by atoms with Gasteiger partial charge in [-0.15, -0.1) is 0 Å². The first-order valence-corrected chi connectivity index (χ1v) is 6.96. The SMILES string of the molecule is COCC(C)Oc1ccccc1N=C(NC#N)SC. The Kier molecular flexibility index (Phi) is 6.79. The van der Waals surface area contributed by atoms with Crippen LogP contribution in [-0.4, -0.2) is 31.2 Å². The van der Waals surface area contributed by atoms with Crippen LogP contribution in [0, 0.1) is 11.5 Å². The van der Waals surface area contributed by atoms with Gasteiger partial charge in [0.1, 0.15) is 17.5 Å². The van der Waals surface area contributed by atoms with Gasteiger partial charge in [-0.3, -0.25) is 5.32 Å². The van der Waals surface area contributed by atoms with Crippen LogP contribution in [0.25, 0.3) is 0 Å². The van der Waals surface area contributed by atoms with E-state index in [9.17, 15) is 0 Å². The lowest BCUT2D eigenvalue weighted by molar-refractivity contribution is 0.0925. The Morgan fingerprint density at radius 2 is 2.26 bits per heavy atom. The van der Waals surface area contributed by atoms with Crippen LogP contribution in [0.5, 0.6) is 5.75 Å². The average molecular weight is 279 g/mol. The topological polar surface area (TPSA) is 66.6 Å². The number of ether oxygens (including phenoxy) is 2. The van der Waals surface area contributed by atoms with Crippen molar-refractivity contribution in [1.29, 1.82) is 5.26 Å². The van der Waals surface area contributed by atoms with Gasteiger partial charge in [-0.1, -0.05) is 23.9 Å². The van der Waals surface area contributed by atoms with E-state index in [0.29, 0.717) is 23.2 Å². The molecular weight excluding hydrogens is 262 g/mol. The molecule has 0 aliphatic rings. The van der Waals surface area contributed by atoms with Crippen LogP contribution >= 0.6 is 11.8 Å². The molecule has 1 aromatic rings. The van der Waals surface area contributed by atoms with Gasteiger partial charge in [0.25, 0.3) is 0 Å². The number of nitriles is 1. The molecule has 1 aromatic carbocycles. The second kappa shape index (κ2) is 8.40. The minimum Gasteiger partial charge on any atom is -0.486 e. The summed E-state index contributed by atoms with van der Waals surface area (Å²) in [5.41, 5.74) is 0.678. The Morgan fingerprint density at radius 3 is 2.89 bits per heavy atom.